The van der Waals surface area contributed by atoms with Crippen LogP contribution in [0.1, 0.15) is 17.5 Å². The highest BCUT2D eigenvalue weighted by atomic mass is 32.2. The molecule has 1 fully saturated rings. The SMILES string of the molecule is COc1cccc(S(=O)(=O)N2Cc3cccc(N4CCC(N(C)C)C4)c3C2)c1. The molecule has 0 amide bonds. The van der Waals surface area contributed by atoms with Crippen LogP contribution in [-0.4, -0.2) is 58.0 Å². The number of nitrogens with zero attached hydrogens (tertiary/aromatic N) is 3. The van der Waals surface area contributed by atoms with Gasteiger partial charge in [0, 0.05) is 44.0 Å². The first kappa shape index (κ1) is 19.2. The predicted octanol–water partition coefficient (Wildman–Crippen LogP) is 2.54. The molecule has 2 aromatic rings. The van der Waals surface area contributed by atoms with Crippen molar-refractivity contribution in [1.29, 1.82) is 0 Å². The molecule has 2 aromatic carbocycles. The van der Waals surface area contributed by atoms with E-state index in [2.05, 4.69) is 30.0 Å². The van der Waals surface area contributed by atoms with Crippen molar-refractivity contribution in [3.63, 3.8) is 0 Å². The molecule has 28 heavy (non-hydrogen) atoms. The second-order valence-electron chi connectivity index (χ2n) is 7.72. The zero-order valence-corrected chi connectivity index (χ0v) is 17.4. The van der Waals surface area contributed by atoms with Gasteiger partial charge in [-0.3, -0.25) is 0 Å². The molecule has 0 spiro atoms. The van der Waals surface area contributed by atoms with Crippen molar-refractivity contribution in [2.45, 2.75) is 30.4 Å². The van der Waals surface area contributed by atoms with Gasteiger partial charge in [0.25, 0.3) is 0 Å². The summed E-state index contributed by atoms with van der Waals surface area (Å²) in [5, 5.41) is 0. The average molecular weight is 402 g/mol. The first-order valence-corrected chi connectivity index (χ1v) is 11.0. The Balaban J connectivity index is 1.60. The molecule has 0 aliphatic carbocycles. The molecule has 1 saturated heterocycles. The van der Waals surface area contributed by atoms with Crippen LogP contribution in [0.2, 0.25) is 0 Å². The monoisotopic (exact) mass is 401 g/mol. The van der Waals surface area contributed by atoms with Gasteiger partial charge in [0.05, 0.1) is 12.0 Å². The largest absolute Gasteiger partial charge is 0.497 e. The molecule has 150 valence electrons. The summed E-state index contributed by atoms with van der Waals surface area (Å²) >= 11 is 0. The van der Waals surface area contributed by atoms with Crippen LogP contribution in [0.4, 0.5) is 5.69 Å². The van der Waals surface area contributed by atoms with Gasteiger partial charge in [0.15, 0.2) is 0 Å². The lowest BCUT2D eigenvalue weighted by atomic mass is 10.1. The fraction of sp³-hybridized carbons (Fsp3) is 0.429. The van der Waals surface area contributed by atoms with Crippen molar-refractivity contribution in [3.05, 3.63) is 53.6 Å². The zero-order chi connectivity index (χ0) is 19.9. The molecule has 0 radical (unpaired) electrons. The number of rotatable bonds is 5. The molecule has 1 atom stereocenters. The number of anilines is 1. The number of hydrogen-bond donors (Lipinski definition) is 0. The number of fused-ring (bicyclic) bond motifs is 1. The maximum atomic E-state index is 13.2. The second-order valence-corrected chi connectivity index (χ2v) is 9.66. The number of sulfonamides is 1. The number of methoxy groups -OCH3 is 1. The Morgan fingerprint density at radius 3 is 2.61 bits per heavy atom. The number of likely N-dealkylation sites (N-methyl/N-ethyl adjacent to an activating group) is 1. The molecule has 0 aromatic heterocycles. The van der Waals surface area contributed by atoms with Gasteiger partial charge >= 0.3 is 0 Å². The molecule has 2 aliphatic rings. The summed E-state index contributed by atoms with van der Waals surface area (Å²) in [5.74, 6) is 0.547. The van der Waals surface area contributed by atoms with E-state index in [-0.39, 0.29) is 4.90 Å². The molecule has 0 saturated carbocycles. The second kappa shape index (κ2) is 7.39. The summed E-state index contributed by atoms with van der Waals surface area (Å²) in [6.07, 6.45) is 1.13. The summed E-state index contributed by atoms with van der Waals surface area (Å²) in [4.78, 5) is 4.93. The molecule has 7 heteroatoms. The lowest BCUT2D eigenvalue weighted by molar-refractivity contribution is 0.315. The van der Waals surface area contributed by atoms with Crippen LogP contribution in [0.15, 0.2) is 47.4 Å². The summed E-state index contributed by atoms with van der Waals surface area (Å²) < 4.78 is 33.2. The van der Waals surface area contributed by atoms with Gasteiger partial charge in [-0.25, -0.2) is 8.42 Å². The van der Waals surface area contributed by atoms with Gasteiger partial charge < -0.3 is 14.5 Å². The fourth-order valence-corrected chi connectivity index (χ4v) is 5.55. The molecule has 6 nitrogen and oxygen atoms in total. The molecule has 2 aliphatic heterocycles. The average Bonchev–Trinajstić information content (AvgIpc) is 3.35. The molecule has 2 heterocycles. The first-order valence-electron chi connectivity index (χ1n) is 9.56. The smallest absolute Gasteiger partial charge is 0.243 e. The van der Waals surface area contributed by atoms with E-state index in [0.29, 0.717) is 24.9 Å². The summed E-state index contributed by atoms with van der Waals surface area (Å²) in [6, 6.07) is 13.4. The minimum absolute atomic E-state index is 0.273. The Morgan fingerprint density at radius 2 is 1.89 bits per heavy atom. The van der Waals surface area contributed by atoms with E-state index in [1.54, 1.807) is 35.7 Å². The van der Waals surface area contributed by atoms with E-state index in [0.717, 1.165) is 30.6 Å². The highest BCUT2D eigenvalue weighted by molar-refractivity contribution is 7.89. The fourth-order valence-electron chi connectivity index (χ4n) is 4.13. The first-order chi connectivity index (χ1) is 13.4. The third kappa shape index (κ3) is 3.38. The molecule has 4 rings (SSSR count). The van der Waals surface area contributed by atoms with E-state index < -0.39 is 10.0 Å². The van der Waals surface area contributed by atoms with Crippen molar-refractivity contribution >= 4 is 15.7 Å². The molecular formula is C21H27N3O3S. The van der Waals surface area contributed by atoms with Crippen LogP contribution < -0.4 is 9.64 Å². The Bertz CT molecular complexity index is 975. The normalized spacial score (nSPS) is 20.0. The van der Waals surface area contributed by atoms with Crippen molar-refractivity contribution in [3.8, 4) is 5.75 Å². The van der Waals surface area contributed by atoms with E-state index in [1.165, 1.54) is 5.69 Å². The Morgan fingerprint density at radius 1 is 1.11 bits per heavy atom. The van der Waals surface area contributed by atoms with Crippen molar-refractivity contribution in [2.75, 3.05) is 39.2 Å². The maximum absolute atomic E-state index is 13.2. The maximum Gasteiger partial charge on any atom is 0.243 e. The zero-order valence-electron chi connectivity index (χ0n) is 16.6. The van der Waals surface area contributed by atoms with E-state index in [1.807, 2.05) is 12.1 Å². The summed E-state index contributed by atoms with van der Waals surface area (Å²) in [6.45, 7) is 2.80. The van der Waals surface area contributed by atoms with Crippen LogP contribution in [0.25, 0.3) is 0 Å². The predicted molar refractivity (Wildman–Crippen MR) is 110 cm³/mol. The third-order valence-corrected chi connectivity index (χ3v) is 7.63. The van der Waals surface area contributed by atoms with Crippen molar-refractivity contribution in [1.82, 2.24) is 9.21 Å². The number of ether oxygens (including phenoxy) is 1. The summed E-state index contributed by atoms with van der Waals surface area (Å²) in [7, 11) is 2.20. The van der Waals surface area contributed by atoms with Gasteiger partial charge in [0.2, 0.25) is 10.0 Å². The lowest BCUT2D eigenvalue weighted by Gasteiger charge is -2.24. The van der Waals surface area contributed by atoms with Crippen LogP contribution in [0.3, 0.4) is 0 Å². The van der Waals surface area contributed by atoms with E-state index in [9.17, 15) is 8.42 Å². The van der Waals surface area contributed by atoms with Gasteiger partial charge in [0.1, 0.15) is 5.75 Å². The molecule has 1 unspecified atom stereocenters. The third-order valence-electron chi connectivity index (χ3n) is 5.84. The lowest BCUT2D eigenvalue weighted by Crippen LogP contribution is -2.31. The van der Waals surface area contributed by atoms with Crippen molar-refractivity contribution < 1.29 is 13.2 Å². The highest BCUT2D eigenvalue weighted by Crippen LogP contribution is 2.36. The highest BCUT2D eigenvalue weighted by Gasteiger charge is 2.34. The summed E-state index contributed by atoms with van der Waals surface area (Å²) in [5.41, 5.74) is 3.40. The van der Waals surface area contributed by atoms with Crippen molar-refractivity contribution in [2.24, 2.45) is 0 Å². The number of hydrogen-bond acceptors (Lipinski definition) is 5. The van der Waals surface area contributed by atoms with E-state index >= 15 is 0 Å². The molecular weight excluding hydrogens is 374 g/mol. The van der Waals surface area contributed by atoms with Crippen LogP contribution in [0.5, 0.6) is 5.75 Å². The van der Waals surface area contributed by atoms with Gasteiger partial charge in [-0.15, -0.1) is 0 Å². The Hall–Kier alpha value is -2.09. The standard InChI is InChI=1S/C21H27N3O3S/c1-22(2)17-10-11-23(14-17)21-9-4-6-16-13-24(15-20(16)21)28(25,26)19-8-5-7-18(12-19)27-3/h4-9,12,17H,10-11,13-15H2,1-3H3. The van der Waals surface area contributed by atoms with Gasteiger partial charge in [-0.2, -0.15) is 4.31 Å². The topological polar surface area (TPSA) is 53.1 Å². The molecule has 0 bridgehead atoms. The minimum Gasteiger partial charge on any atom is -0.497 e. The van der Waals surface area contributed by atoms with Gasteiger partial charge in [-0.1, -0.05) is 18.2 Å². The van der Waals surface area contributed by atoms with E-state index in [4.69, 9.17) is 4.74 Å². The molecule has 0 N–H and O–H groups in total. The van der Waals surface area contributed by atoms with Crippen LogP contribution >= 0.6 is 0 Å². The quantitative estimate of drug-likeness (QED) is 0.771. The van der Waals surface area contributed by atoms with Crippen LogP contribution in [0, 0.1) is 0 Å². The van der Waals surface area contributed by atoms with Crippen LogP contribution in [-0.2, 0) is 23.1 Å². The van der Waals surface area contributed by atoms with Gasteiger partial charge in [-0.05, 0) is 49.8 Å². The minimum atomic E-state index is -3.58. The Labute approximate surface area is 167 Å². The number of benzene rings is 2. The Kier molecular flexibility index (Phi) is 5.07.